The van der Waals surface area contributed by atoms with Gasteiger partial charge in [0.15, 0.2) is 11.5 Å². The minimum absolute atomic E-state index is 0.247. The standard InChI is InChI=1S/C11H12Br2O4/c1-3-16-9-4-8(12)10(13)7(5-14)11(9)17-6(2)15/h4,14H,3,5H2,1-2H3. The van der Waals surface area contributed by atoms with E-state index in [9.17, 15) is 9.90 Å². The molecule has 0 amide bonds. The van der Waals surface area contributed by atoms with E-state index in [1.807, 2.05) is 6.92 Å². The summed E-state index contributed by atoms with van der Waals surface area (Å²) in [6.45, 7) is 3.30. The van der Waals surface area contributed by atoms with Crippen LogP contribution in [0.5, 0.6) is 11.5 Å². The third-order valence-electron chi connectivity index (χ3n) is 1.93. The molecule has 0 radical (unpaired) electrons. The number of halogens is 2. The normalized spacial score (nSPS) is 10.2. The van der Waals surface area contributed by atoms with E-state index in [0.29, 0.717) is 22.4 Å². The van der Waals surface area contributed by atoms with Gasteiger partial charge in [0.05, 0.1) is 13.2 Å². The number of aliphatic hydroxyl groups is 1. The lowest BCUT2D eigenvalue weighted by Crippen LogP contribution is -2.07. The molecule has 0 aliphatic heterocycles. The third kappa shape index (κ3) is 3.43. The summed E-state index contributed by atoms with van der Waals surface area (Å²) in [4.78, 5) is 11.0. The van der Waals surface area contributed by atoms with E-state index in [1.54, 1.807) is 6.07 Å². The van der Waals surface area contributed by atoms with Gasteiger partial charge in [0, 0.05) is 21.4 Å². The number of hydrogen-bond donors (Lipinski definition) is 1. The average Bonchev–Trinajstić information content (AvgIpc) is 2.25. The summed E-state index contributed by atoms with van der Waals surface area (Å²) >= 11 is 6.64. The maximum atomic E-state index is 11.0. The number of ether oxygens (including phenoxy) is 2. The van der Waals surface area contributed by atoms with E-state index >= 15 is 0 Å². The summed E-state index contributed by atoms with van der Waals surface area (Å²) in [5.41, 5.74) is 0.470. The Morgan fingerprint density at radius 2 is 2.12 bits per heavy atom. The molecule has 0 spiro atoms. The molecule has 0 aromatic heterocycles. The summed E-state index contributed by atoms with van der Waals surface area (Å²) < 4.78 is 11.8. The van der Waals surface area contributed by atoms with E-state index in [0.717, 1.165) is 4.47 Å². The van der Waals surface area contributed by atoms with Crippen LogP contribution >= 0.6 is 31.9 Å². The number of aliphatic hydroxyl groups excluding tert-OH is 1. The smallest absolute Gasteiger partial charge is 0.308 e. The lowest BCUT2D eigenvalue weighted by molar-refractivity contribution is -0.132. The third-order valence-corrected chi connectivity index (χ3v) is 4.00. The number of rotatable bonds is 4. The second-order valence-electron chi connectivity index (χ2n) is 3.16. The minimum Gasteiger partial charge on any atom is -0.490 e. The highest BCUT2D eigenvalue weighted by atomic mass is 79.9. The minimum atomic E-state index is -0.463. The number of carbonyl (C=O) groups excluding carboxylic acids is 1. The molecule has 1 rings (SSSR count). The summed E-state index contributed by atoms with van der Waals surface area (Å²) in [6.07, 6.45) is 0. The molecular formula is C11H12Br2O4. The molecule has 0 heterocycles. The Hall–Kier alpha value is -0.590. The first-order valence-corrected chi connectivity index (χ1v) is 6.52. The molecule has 0 saturated carbocycles. The van der Waals surface area contributed by atoms with Crippen molar-refractivity contribution in [3.05, 3.63) is 20.6 Å². The van der Waals surface area contributed by atoms with Crippen LogP contribution < -0.4 is 9.47 Å². The van der Waals surface area contributed by atoms with Crippen LogP contribution in [0.4, 0.5) is 0 Å². The lowest BCUT2D eigenvalue weighted by atomic mass is 10.2. The second kappa shape index (κ2) is 6.37. The van der Waals surface area contributed by atoms with E-state index in [1.165, 1.54) is 6.92 Å². The van der Waals surface area contributed by atoms with Crippen molar-refractivity contribution in [1.29, 1.82) is 0 Å². The zero-order valence-corrected chi connectivity index (χ0v) is 12.6. The van der Waals surface area contributed by atoms with Gasteiger partial charge in [-0.15, -0.1) is 0 Å². The van der Waals surface area contributed by atoms with Crippen molar-refractivity contribution in [1.82, 2.24) is 0 Å². The molecule has 1 N–H and O–H groups in total. The summed E-state index contributed by atoms with van der Waals surface area (Å²) in [5, 5.41) is 9.33. The molecule has 17 heavy (non-hydrogen) atoms. The second-order valence-corrected chi connectivity index (χ2v) is 4.81. The quantitative estimate of drug-likeness (QED) is 0.656. The van der Waals surface area contributed by atoms with Crippen molar-refractivity contribution in [2.24, 2.45) is 0 Å². The van der Waals surface area contributed by atoms with Crippen LogP contribution in [0, 0.1) is 0 Å². The molecule has 1 aromatic carbocycles. The Morgan fingerprint density at radius 1 is 1.47 bits per heavy atom. The molecule has 0 bridgehead atoms. The van der Waals surface area contributed by atoms with Gasteiger partial charge in [-0.3, -0.25) is 4.79 Å². The topological polar surface area (TPSA) is 55.8 Å². The van der Waals surface area contributed by atoms with Crippen molar-refractivity contribution < 1.29 is 19.4 Å². The van der Waals surface area contributed by atoms with Crippen LogP contribution in [-0.2, 0) is 11.4 Å². The Balaban J connectivity index is 3.36. The average molecular weight is 368 g/mol. The number of hydrogen-bond acceptors (Lipinski definition) is 4. The zero-order valence-electron chi connectivity index (χ0n) is 9.42. The van der Waals surface area contributed by atoms with Crippen LogP contribution in [0.25, 0.3) is 0 Å². The van der Waals surface area contributed by atoms with Crippen molar-refractivity contribution in [3.8, 4) is 11.5 Å². The fourth-order valence-electron chi connectivity index (χ4n) is 1.30. The van der Waals surface area contributed by atoms with Crippen molar-refractivity contribution in [2.45, 2.75) is 20.5 Å². The van der Waals surface area contributed by atoms with Gasteiger partial charge in [0.1, 0.15) is 0 Å². The van der Waals surface area contributed by atoms with Crippen LogP contribution in [0.3, 0.4) is 0 Å². The first-order valence-electron chi connectivity index (χ1n) is 4.94. The van der Waals surface area contributed by atoms with Gasteiger partial charge in [-0.05, 0) is 44.8 Å². The van der Waals surface area contributed by atoms with Gasteiger partial charge in [-0.2, -0.15) is 0 Å². The maximum absolute atomic E-state index is 11.0. The number of esters is 1. The van der Waals surface area contributed by atoms with Crippen LogP contribution in [0.2, 0.25) is 0 Å². The molecule has 94 valence electrons. The van der Waals surface area contributed by atoms with Gasteiger partial charge in [0.2, 0.25) is 0 Å². The summed E-state index contributed by atoms with van der Waals surface area (Å²) in [6, 6.07) is 1.69. The Morgan fingerprint density at radius 3 is 2.59 bits per heavy atom. The Labute approximate surface area is 116 Å². The van der Waals surface area contributed by atoms with Gasteiger partial charge in [0.25, 0.3) is 0 Å². The fraction of sp³-hybridized carbons (Fsp3) is 0.364. The molecule has 1 aromatic rings. The molecule has 6 heteroatoms. The van der Waals surface area contributed by atoms with E-state index in [4.69, 9.17) is 9.47 Å². The lowest BCUT2D eigenvalue weighted by Gasteiger charge is -2.15. The molecule has 0 saturated heterocycles. The SMILES string of the molecule is CCOc1cc(Br)c(Br)c(CO)c1OC(C)=O. The predicted molar refractivity (Wildman–Crippen MR) is 70.2 cm³/mol. The first kappa shape index (κ1) is 14.5. The van der Waals surface area contributed by atoms with Crippen molar-refractivity contribution in [2.75, 3.05) is 6.61 Å². The van der Waals surface area contributed by atoms with Crippen molar-refractivity contribution >= 4 is 37.8 Å². The van der Waals surface area contributed by atoms with Crippen molar-refractivity contribution in [3.63, 3.8) is 0 Å². The molecule has 0 aliphatic carbocycles. The van der Waals surface area contributed by atoms with Crippen LogP contribution in [-0.4, -0.2) is 17.7 Å². The Bertz CT molecular complexity index is 432. The van der Waals surface area contributed by atoms with Crippen LogP contribution in [0.1, 0.15) is 19.4 Å². The van der Waals surface area contributed by atoms with Gasteiger partial charge < -0.3 is 14.6 Å². The molecule has 0 unspecified atom stereocenters. The van der Waals surface area contributed by atoms with E-state index in [2.05, 4.69) is 31.9 Å². The predicted octanol–water partition coefficient (Wildman–Crippen LogP) is 3.03. The summed E-state index contributed by atoms with van der Waals surface area (Å²) in [7, 11) is 0. The molecule has 0 aliphatic rings. The largest absolute Gasteiger partial charge is 0.490 e. The van der Waals surface area contributed by atoms with Gasteiger partial charge >= 0.3 is 5.97 Å². The van der Waals surface area contributed by atoms with E-state index < -0.39 is 5.97 Å². The van der Waals surface area contributed by atoms with Gasteiger partial charge in [-0.25, -0.2) is 0 Å². The number of carbonyl (C=O) groups is 1. The monoisotopic (exact) mass is 366 g/mol. The van der Waals surface area contributed by atoms with E-state index in [-0.39, 0.29) is 12.4 Å². The fourth-order valence-corrected chi connectivity index (χ4v) is 2.16. The molecule has 0 atom stereocenters. The highest BCUT2D eigenvalue weighted by molar-refractivity contribution is 9.13. The first-order chi connectivity index (χ1) is 8.01. The highest BCUT2D eigenvalue weighted by Crippen LogP contribution is 2.41. The number of benzene rings is 1. The molecule has 0 fully saturated rings. The van der Waals surface area contributed by atoms with Gasteiger partial charge in [-0.1, -0.05) is 0 Å². The van der Waals surface area contributed by atoms with Crippen LogP contribution in [0.15, 0.2) is 15.0 Å². The summed E-state index contributed by atoms with van der Waals surface area (Å²) in [5.74, 6) is 0.202. The zero-order chi connectivity index (χ0) is 13.0. The maximum Gasteiger partial charge on any atom is 0.308 e. The highest BCUT2D eigenvalue weighted by Gasteiger charge is 2.18. The molecular weight excluding hydrogens is 356 g/mol. The molecule has 4 nitrogen and oxygen atoms in total. The Kier molecular flexibility index (Phi) is 5.42.